The van der Waals surface area contributed by atoms with E-state index in [-0.39, 0.29) is 0 Å². The van der Waals surface area contributed by atoms with Crippen molar-refractivity contribution in [2.24, 2.45) is 0 Å². The molecule has 0 spiro atoms. The van der Waals surface area contributed by atoms with Crippen LogP contribution in [0.4, 0.5) is 0 Å². The molecule has 0 heterocycles. The van der Waals surface area contributed by atoms with E-state index in [1.54, 1.807) is 0 Å². The van der Waals surface area contributed by atoms with E-state index in [1.807, 2.05) is 0 Å². The van der Waals surface area contributed by atoms with Crippen LogP contribution in [0.25, 0.3) is 0 Å². The van der Waals surface area contributed by atoms with Crippen molar-refractivity contribution in [1.82, 2.24) is 0 Å². The number of thiol groups is 2. The van der Waals surface area contributed by atoms with Gasteiger partial charge < -0.3 is 5.11 Å². The number of hydrogen-bond acceptors (Lipinski definition) is 3. The quantitative estimate of drug-likeness (QED) is 0.216. The highest BCUT2D eigenvalue weighted by Crippen LogP contribution is 2.21. The summed E-state index contributed by atoms with van der Waals surface area (Å²) in [6, 6.07) is 0. The maximum absolute atomic E-state index is 9.67. The third-order valence-corrected chi connectivity index (χ3v) is 4.84. The average Bonchev–Trinajstić information content (AvgIpc) is 2.40. The number of hydrogen-bond donors (Lipinski definition) is 3. The van der Waals surface area contributed by atoms with Gasteiger partial charge in [-0.3, -0.25) is 0 Å². The molecule has 0 radical (unpaired) electrons. The Morgan fingerprint density at radius 1 is 0.737 bits per heavy atom. The van der Waals surface area contributed by atoms with E-state index in [9.17, 15) is 5.11 Å². The fourth-order valence-corrected chi connectivity index (χ4v) is 2.64. The minimum atomic E-state index is -0.860. The standard InChI is InChI=1S/C16H34OS2/c1-2-3-4-5-6-7-8-9-10-11-12-13-14-16(17,19)15-18/h17-19H,2-15H2,1H3. The van der Waals surface area contributed by atoms with Crippen molar-refractivity contribution >= 4 is 25.3 Å². The molecule has 1 atom stereocenters. The zero-order chi connectivity index (χ0) is 14.4. The van der Waals surface area contributed by atoms with Gasteiger partial charge in [-0.1, -0.05) is 77.6 Å². The Balaban J connectivity index is 3.07. The van der Waals surface area contributed by atoms with Gasteiger partial charge in [-0.25, -0.2) is 0 Å². The molecule has 0 bridgehead atoms. The van der Waals surface area contributed by atoms with Crippen LogP contribution in [0.3, 0.4) is 0 Å². The summed E-state index contributed by atoms with van der Waals surface area (Å²) >= 11 is 8.26. The minimum Gasteiger partial charge on any atom is -0.379 e. The SMILES string of the molecule is CCCCCCCCCCCCCCC(O)(S)CS. The highest BCUT2D eigenvalue weighted by molar-refractivity contribution is 7.85. The molecule has 0 aromatic carbocycles. The van der Waals surface area contributed by atoms with E-state index in [4.69, 9.17) is 0 Å². The molecule has 1 nitrogen and oxygen atoms in total. The lowest BCUT2D eigenvalue weighted by Crippen LogP contribution is -2.22. The highest BCUT2D eigenvalue weighted by Gasteiger charge is 2.17. The Morgan fingerprint density at radius 3 is 1.47 bits per heavy atom. The van der Waals surface area contributed by atoms with Crippen molar-refractivity contribution in [3.05, 3.63) is 0 Å². The normalized spacial score (nSPS) is 14.5. The predicted molar refractivity (Wildman–Crippen MR) is 93.5 cm³/mol. The van der Waals surface area contributed by atoms with Gasteiger partial charge in [0.25, 0.3) is 0 Å². The molecule has 3 heteroatoms. The molecular weight excluding hydrogens is 272 g/mol. The molecule has 0 saturated carbocycles. The summed E-state index contributed by atoms with van der Waals surface area (Å²) in [6.07, 6.45) is 16.9. The number of unbranched alkanes of at least 4 members (excludes halogenated alkanes) is 11. The Kier molecular flexibility index (Phi) is 14.1. The molecule has 0 aliphatic carbocycles. The van der Waals surface area contributed by atoms with Crippen molar-refractivity contribution in [3.63, 3.8) is 0 Å². The van der Waals surface area contributed by atoms with Gasteiger partial charge in [0, 0.05) is 5.75 Å². The van der Waals surface area contributed by atoms with E-state index in [0.29, 0.717) is 5.75 Å². The summed E-state index contributed by atoms with van der Waals surface area (Å²) < 4.78 is 0. The molecule has 0 aromatic heterocycles. The molecule has 1 N–H and O–H groups in total. The van der Waals surface area contributed by atoms with Gasteiger partial charge in [-0.15, -0.1) is 12.6 Å². The van der Waals surface area contributed by atoms with Gasteiger partial charge in [0.2, 0.25) is 0 Å². The molecule has 0 aliphatic rings. The third kappa shape index (κ3) is 14.9. The van der Waals surface area contributed by atoms with Crippen LogP contribution in [0.15, 0.2) is 0 Å². The fourth-order valence-electron chi connectivity index (χ4n) is 2.33. The first kappa shape index (κ1) is 19.7. The summed E-state index contributed by atoms with van der Waals surface area (Å²) in [7, 11) is 0. The van der Waals surface area contributed by atoms with Gasteiger partial charge in [0.15, 0.2) is 0 Å². The predicted octanol–water partition coefficient (Wildman–Crippen LogP) is 5.63. The lowest BCUT2D eigenvalue weighted by Gasteiger charge is -2.18. The monoisotopic (exact) mass is 306 g/mol. The van der Waals surface area contributed by atoms with Crippen LogP contribution in [0.2, 0.25) is 0 Å². The second kappa shape index (κ2) is 13.6. The second-order valence-corrected chi connectivity index (χ2v) is 6.93. The van der Waals surface area contributed by atoms with Crippen molar-refractivity contribution in [2.45, 2.75) is 95.3 Å². The van der Waals surface area contributed by atoms with E-state index < -0.39 is 4.93 Å². The summed E-state index contributed by atoms with van der Waals surface area (Å²) in [4.78, 5) is -0.860. The van der Waals surface area contributed by atoms with Crippen LogP contribution in [0, 0.1) is 0 Å². The van der Waals surface area contributed by atoms with Crippen LogP contribution in [-0.2, 0) is 0 Å². The van der Waals surface area contributed by atoms with Gasteiger partial charge >= 0.3 is 0 Å². The topological polar surface area (TPSA) is 20.2 Å². The van der Waals surface area contributed by atoms with Gasteiger partial charge in [-0.2, -0.15) is 12.6 Å². The van der Waals surface area contributed by atoms with Crippen molar-refractivity contribution in [3.8, 4) is 0 Å². The first-order chi connectivity index (χ1) is 9.12. The second-order valence-electron chi connectivity index (χ2n) is 5.78. The molecular formula is C16H34OS2. The Bertz CT molecular complexity index is 184. The molecule has 19 heavy (non-hydrogen) atoms. The van der Waals surface area contributed by atoms with E-state index in [0.717, 1.165) is 12.8 Å². The van der Waals surface area contributed by atoms with Crippen molar-refractivity contribution in [2.75, 3.05) is 5.75 Å². The number of aliphatic hydroxyl groups is 1. The minimum absolute atomic E-state index is 0.439. The summed E-state index contributed by atoms with van der Waals surface area (Å²) in [6.45, 7) is 2.27. The van der Waals surface area contributed by atoms with Crippen molar-refractivity contribution < 1.29 is 5.11 Å². The first-order valence-corrected chi connectivity index (χ1v) is 9.26. The Hall–Kier alpha value is 0.660. The van der Waals surface area contributed by atoms with E-state index in [1.165, 1.54) is 70.6 Å². The largest absolute Gasteiger partial charge is 0.379 e. The summed E-state index contributed by atoms with van der Waals surface area (Å²) in [5.41, 5.74) is 0. The molecule has 116 valence electrons. The molecule has 0 saturated heterocycles. The maximum Gasteiger partial charge on any atom is 0.116 e. The highest BCUT2D eigenvalue weighted by atomic mass is 32.1. The fraction of sp³-hybridized carbons (Fsp3) is 1.00. The zero-order valence-corrected chi connectivity index (χ0v) is 14.5. The molecule has 1 unspecified atom stereocenters. The van der Waals surface area contributed by atoms with Crippen LogP contribution in [0.1, 0.15) is 90.4 Å². The van der Waals surface area contributed by atoms with Crippen LogP contribution in [-0.4, -0.2) is 15.8 Å². The summed E-state index contributed by atoms with van der Waals surface area (Å²) in [5, 5.41) is 9.67. The molecule has 0 fully saturated rings. The van der Waals surface area contributed by atoms with Crippen LogP contribution in [0.5, 0.6) is 0 Å². The lowest BCUT2D eigenvalue weighted by molar-refractivity contribution is 0.151. The summed E-state index contributed by atoms with van der Waals surface area (Å²) in [5.74, 6) is 0.439. The first-order valence-electron chi connectivity index (χ1n) is 8.18. The van der Waals surface area contributed by atoms with Crippen LogP contribution >= 0.6 is 25.3 Å². The van der Waals surface area contributed by atoms with E-state index >= 15 is 0 Å². The smallest absolute Gasteiger partial charge is 0.116 e. The molecule has 0 rings (SSSR count). The number of rotatable bonds is 14. The molecule has 0 aliphatic heterocycles. The molecule has 0 aromatic rings. The third-order valence-electron chi connectivity index (χ3n) is 3.68. The van der Waals surface area contributed by atoms with Crippen LogP contribution < -0.4 is 0 Å². The van der Waals surface area contributed by atoms with Gasteiger partial charge in [0.05, 0.1) is 0 Å². The Morgan fingerprint density at radius 2 is 1.11 bits per heavy atom. The van der Waals surface area contributed by atoms with Gasteiger partial charge in [-0.05, 0) is 12.8 Å². The average molecular weight is 307 g/mol. The lowest BCUT2D eigenvalue weighted by atomic mass is 10.0. The van der Waals surface area contributed by atoms with Crippen molar-refractivity contribution in [1.29, 1.82) is 0 Å². The Labute approximate surface area is 131 Å². The zero-order valence-electron chi connectivity index (χ0n) is 12.7. The maximum atomic E-state index is 9.67. The van der Waals surface area contributed by atoms with E-state index in [2.05, 4.69) is 32.2 Å². The molecule has 0 amide bonds. The van der Waals surface area contributed by atoms with Gasteiger partial charge in [0.1, 0.15) is 4.93 Å².